The van der Waals surface area contributed by atoms with Crippen molar-refractivity contribution < 1.29 is 9.59 Å². The van der Waals surface area contributed by atoms with Crippen molar-refractivity contribution in [3.05, 3.63) is 70.7 Å². The molecule has 2 aromatic rings. The van der Waals surface area contributed by atoms with Crippen molar-refractivity contribution in [2.24, 2.45) is 0 Å². The molecule has 0 aliphatic carbocycles. The highest BCUT2D eigenvalue weighted by Crippen LogP contribution is 2.20. The van der Waals surface area contributed by atoms with Gasteiger partial charge in [0.25, 0.3) is 0 Å². The SMILES string of the molecule is O=C1CC[C@H](C(=O)N[C@H](Cc2ccc(Cl)cc2)c2ccccc2)N1. The van der Waals surface area contributed by atoms with Gasteiger partial charge in [-0.2, -0.15) is 0 Å². The molecule has 1 saturated heterocycles. The first-order valence-corrected chi connectivity index (χ1v) is 8.39. The van der Waals surface area contributed by atoms with Crippen LogP contribution in [0.1, 0.15) is 30.0 Å². The quantitative estimate of drug-likeness (QED) is 0.877. The van der Waals surface area contributed by atoms with Crippen LogP contribution in [0, 0.1) is 0 Å². The number of amides is 2. The second-order valence-corrected chi connectivity index (χ2v) is 6.40. The Hall–Kier alpha value is -2.33. The average Bonchev–Trinajstić information content (AvgIpc) is 3.03. The summed E-state index contributed by atoms with van der Waals surface area (Å²) in [5, 5.41) is 6.47. The van der Waals surface area contributed by atoms with E-state index in [1.807, 2.05) is 54.6 Å². The molecule has 0 aromatic heterocycles. The van der Waals surface area contributed by atoms with Crippen LogP contribution < -0.4 is 10.6 Å². The first-order valence-electron chi connectivity index (χ1n) is 8.01. The van der Waals surface area contributed by atoms with Crippen LogP contribution in [0.4, 0.5) is 0 Å². The number of rotatable bonds is 5. The number of benzene rings is 2. The van der Waals surface area contributed by atoms with Gasteiger partial charge >= 0.3 is 0 Å². The van der Waals surface area contributed by atoms with Gasteiger partial charge in [-0.15, -0.1) is 0 Å². The Morgan fingerprint density at radius 2 is 1.88 bits per heavy atom. The Kier molecular flexibility index (Phi) is 5.16. The maximum absolute atomic E-state index is 12.5. The smallest absolute Gasteiger partial charge is 0.243 e. The molecule has 3 rings (SSSR count). The molecule has 5 heteroatoms. The van der Waals surface area contributed by atoms with E-state index in [4.69, 9.17) is 11.6 Å². The summed E-state index contributed by atoms with van der Waals surface area (Å²) in [6.07, 6.45) is 1.62. The van der Waals surface area contributed by atoms with Crippen LogP contribution in [0.2, 0.25) is 5.02 Å². The van der Waals surface area contributed by atoms with Crippen LogP contribution in [-0.2, 0) is 16.0 Å². The third kappa shape index (κ3) is 4.15. The minimum atomic E-state index is -0.436. The lowest BCUT2D eigenvalue weighted by atomic mass is 9.98. The van der Waals surface area contributed by atoms with Crippen LogP contribution >= 0.6 is 11.6 Å². The lowest BCUT2D eigenvalue weighted by Crippen LogP contribution is -2.43. The van der Waals surface area contributed by atoms with Gasteiger partial charge in [0.05, 0.1) is 6.04 Å². The van der Waals surface area contributed by atoms with Crippen molar-refractivity contribution in [3.63, 3.8) is 0 Å². The topological polar surface area (TPSA) is 58.2 Å². The number of carbonyl (C=O) groups is 2. The van der Waals surface area contributed by atoms with E-state index in [9.17, 15) is 9.59 Å². The molecule has 0 unspecified atom stereocenters. The molecule has 124 valence electrons. The highest BCUT2D eigenvalue weighted by molar-refractivity contribution is 6.30. The van der Waals surface area contributed by atoms with E-state index in [2.05, 4.69) is 10.6 Å². The second kappa shape index (κ2) is 7.49. The number of carbonyl (C=O) groups excluding carboxylic acids is 2. The van der Waals surface area contributed by atoms with Crippen LogP contribution in [-0.4, -0.2) is 17.9 Å². The van der Waals surface area contributed by atoms with Gasteiger partial charge < -0.3 is 10.6 Å². The molecule has 1 aliphatic heterocycles. The zero-order chi connectivity index (χ0) is 16.9. The van der Waals surface area contributed by atoms with Crippen molar-refractivity contribution in [3.8, 4) is 0 Å². The fourth-order valence-corrected chi connectivity index (χ4v) is 3.00. The maximum Gasteiger partial charge on any atom is 0.243 e. The third-order valence-electron chi connectivity index (χ3n) is 4.18. The Morgan fingerprint density at radius 3 is 2.50 bits per heavy atom. The van der Waals surface area contributed by atoms with Gasteiger partial charge in [0.2, 0.25) is 11.8 Å². The second-order valence-electron chi connectivity index (χ2n) is 5.96. The first-order chi connectivity index (χ1) is 11.6. The Labute approximate surface area is 146 Å². The Balaban J connectivity index is 1.76. The molecule has 0 saturated carbocycles. The van der Waals surface area contributed by atoms with Gasteiger partial charge in [-0.25, -0.2) is 0 Å². The molecular weight excluding hydrogens is 324 g/mol. The summed E-state index contributed by atoms with van der Waals surface area (Å²) >= 11 is 5.94. The van der Waals surface area contributed by atoms with Gasteiger partial charge in [0, 0.05) is 11.4 Å². The van der Waals surface area contributed by atoms with Crippen LogP contribution in [0.3, 0.4) is 0 Å². The average molecular weight is 343 g/mol. The number of halogens is 1. The van der Waals surface area contributed by atoms with Crippen molar-refractivity contribution in [1.82, 2.24) is 10.6 Å². The third-order valence-corrected chi connectivity index (χ3v) is 4.44. The molecular formula is C19H19ClN2O2. The van der Waals surface area contributed by atoms with Gasteiger partial charge in [0.1, 0.15) is 6.04 Å². The largest absolute Gasteiger partial charge is 0.347 e. The summed E-state index contributed by atoms with van der Waals surface area (Å²) in [4.78, 5) is 23.8. The first kappa shape index (κ1) is 16.5. The summed E-state index contributed by atoms with van der Waals surface area (Å²) in [5.74, 6) is -0.201. The molecule has 1 heterocycles. The number of nitrogens with one attached hydrogen (secondary N) is 2. The van der Waals surface area contributed by atoms with Gasteiger partial charge in [-0.1, -0.05) is 54.1 Å². The predicted octanol–water partition coefficient (Wildman–Crippen LogP) is 3.02. The van der Waals surface area contributed by atoms with Gasteiger partial charge in [-0.05, 0) is 36.1 Å². The molecule has 2 amide bonds. The van der Waals surface area contributed by atoms with E-state index in [-0.39, 0.29) is 17.9 Å². The van der Waals surface area contributed by atoms with E-state index in [0.717, 1.165) is 11.1 Å². The fraction of sp³-hybridized carbons (Fsp3) is 0.263. The number of hydrogen-bond donors (Lipinski definition) is 2. The highest BCUT2D eigenvalue weighted by atomic mass is 35.5. The molecule has 1 aliphatic rings. The van der Waals surface area contributed by atoms with Gasteiger partial charge in [0.15, 0.2) is 0 Å². The van der Waals surface area contributed by atoms with Gasteiger partial charge in [-0.3, -0.25) is 9.59 Å². The molecule has 24 heavy (non-hydrogen) atoms. The molecule has 2 N–H and O–H groups in total. The maximum atomic E-state index is 12.5. The van der Waals surface area contributed by atoms with Crippen molar-refractivity contribution in [2.75, 3.05) is 0 Å². The Morgan fingerprint density at radius 1 is 1.17 bits per heavy atom. The summed E-state index contributed by atoms with van der Waals surface area (Å²) in [6.45, 7) is 0. The molecule has 1 fully saturated rings. The molecule has 2 atom stereocenters. The zero-order valence-corrected chi connectivity index (χ0v) is 13.9. The van der Waals surface area contributed by atoms with Crippen LogP contribution in [0.25, 0.3) is 0 Å². The van der Waals surface area contributed by atoms with E-state index in [0.29, 0.717) is 24.3 Å². The summed E-state index contributed by atoms with van der Waals surface area (Å²) in [7, 11) is 0. The van der Waals surface area contributed by atoms with Crippen LogP contribution in [0.5, 0.6) is 0 Å². The summed E-state index contributed by atoms with van der Waals surface area (Å²) in [6, 6.07) is 16.9. The van der Waals surface area contributed by atoms with Crippen LogP contribution in [0.15, 0.2) is 54.6 Å². The highest BCUT2D eigenvalue weighted by Gasteiger charge is 2.28. The molecule has 0 spiro atoms. The van der Waals surface area contributed by atoms with Crippen molar-refractivity contribution >= 4 is 23.4 Å². The fourth-order valence-electron chi connectivity index (χ4n) is 2.88. The lowest BCUT2D eigenvalue weighted by Gasteiger charge is -2.21. The van der Waals surface area contributed by atoms with E-state index >= 15 is 0 Å². The molecule has 0 bridgehead atoms. The zero-order valence-electron chi connectivity index (χ0n) is 13.2. The number of hydrogen-bond acceptors (Lipinski definition) is 2. The monoisotopic (exact) mass is 342 g/mol. The normalized spacial score (nSPS) is 18.0. The van der Waals surface area contributed by atoms with Crippen molar-refractivity contribution in [1.29, 1.82) is 0 Å². The van der Waals surface area contributed by atoms with Crippen molar-refractivity contribution in [2.45, 2.75) is 31.3 Å². The lowest BCUT2D eigenvalue weighted by molar-refractivity contribution is -0.126. The minimum absolute atomic E-state index is 0.0656. The summed E-state index contributed by atoms with van der Waals surface area (Å²) in [5.41, 5.74) is 2.12. The van der Waals surface area contributed by atoms with E-state index in [1.54, 1.807) is 0 Å². The van der Waals surface area contributed by atoms with E-state index < -0.39 is 6.04 Å². The molecule has 0 radical (unpaired) electrons. The summed E-state index contributed by atoms with van der Waals surface area (Å²) < 4.78 is 0. The Bertz CT molecular complexity index is 716. The molecule has 2 aromatic carbocycles. The molecule has 4 nitrogen and oxygen atoms in total. The minimum Gasteiger partial charge on any atom is -0.347 e. The standard InChI is InChI=1S/C19H19ClN2O2/c20-15-8-6-13(7-9-15)12-17(14-4-2-1-3-5-14)22-19(24)16-10-11-18(23)21-16/h1-9,16-17H,10-12H2,(H,21,23)(H,22,24)/t16-,17-/m1/s1. The van der Waals surface area contributed by atoms with E-state index in [1.165, 1.54) is 0 Å². The predicted molar refractivity (Wildman–Crippen MR) is 93.6 cm³/mol.